The van der Waals surface area contributed by atoms with Crippen molar-refractivity contribution < 1.29 is 9.47 Å². The molecular formula is C102H66B2N6O2. The molecule has 0 spiro atoms. The van der Waals surface area contributed by atoms with Crippen molar-refractivity contribution >= 4 is 158 Å². The van der Waals surface area contributed by atoms with Gasteiger partial charge in [0.2, 0.25) is 0 Å². The van der Waals surface area contributed by atoms with Gasteiger partial charge in [-0.25, -0.2) is 0 Å². The SMILES string of the molecule is c1ccc(-c2ccc3c(c2)c2c4c(ccc2n3-c2ccccc2)B2c3cc5c(cc3N(c3ccccc3)c3cc(N(c6ccccc6)c6ccccc6)cc(c32)O4)Oc2cc(N(c3ccccc3)c3ccccc3)cc3c2B5c2ccc4c(c2N3c2ccccc2)c2cc(-c3ccccc3)ccc2n4-c2ccccc2)cc1. The van der Waals surface area contributed by atoms with Gasteiger partial charge in [-0.2, -0.15) is 0 Å². The van der Waals surface area contributed by atoms with Crippen LogP contribution in [-0.4, -0.2) is 22.6 Å². The average molecular weight is 1430 g/mol. The molecular weight excluding hydrogens is 1360 g/mol. The number of ether oxygens (including phenoxy) is 2. The summed E-state index contributed by atoms with van der Waals surface area (Å²) in [5.74, 6) is 3.17. The van der Waals surface area contributed by atoms with Gasteiger partial charge in [0.25, 0.3) is 13.4 Å². The zero-order chi connectivity index (χ0) is 73.5. The summed E-state index contributed by atoms with van der Waals surface area (Å²) in [4.78, 5) is 9.78. The monoisotopic (exact) mass is 1430 g/mol. The van der Waals surface area contributed by atoms with E-state index in [0.717, 1.165) is 196 Å². The predicted molar refractivity (Wildman–Crippen MR) is 467 cm³/mol. The lowest BCUT2D eigenvalue weighted by molar-refractivity contribution is 0.488. The number of rotatable bonds is 12. The molecule has 0 N–H and O–H groups in total. The molecule has 0 fully saturated rings. The number of benzene rings is 17. The minimum Gasteiger partial charge on any atom is -0.458 e. The van der Waals surface area contributed by atoms with E-state index in [-0.39, 0.29) is 13.4 Å². The van der Waals surface area contributed by atoms with Crippen LogP contribution in [0.2, 0.25) is 0 Å². The van der Waals surface area contributed by atoms with Crippen LogP contribution in [-0.2, 0) is 0 Å². The highest BCUT2D eigenvalue weighted by molar-refractivity contribution is 7.02. The summed E-state index contributed by atoms with van der Waals surface area (Å²) in [6.45, 7) is -0.718. The Hall–Kier alpha value is -14.7. The molecule has 17 aromatic carbocycles. The largest absolute Gasteiger partial charge is 0.458 e. The van der Waals surface area contributed by atoms with E-state index in [9.17, 15) is 0 Å². The normalized spacial score (nSPS) is 12.7. The molecule has 522 valence electrons. The summed E-state index contributed by atoms with van der Waals surface area (Å²) in [5.41, 5.74) is 29.9. The molecule has 0 aliphatic carbocycles. The zero-order valence-electron chi connectivity index (χ0n) is 60.8. The minimum absolute atomic E-state index is 0.359. The van der Waals surface area contributed by atoms with Gasteiger partial charge in [0.1, 0.15) is 23.0 Å². The first-order chi connectivity index (χ1) is 55.6. The smallest absolute Gasteiger partial charge is 0.256 e. The average Bonchev–Trinajstić information content (AvgIpc) is 1.20. The third-order valence-electron chi connectivity index (χ3n) is 23.3. The van der Waals surface area contributed by atoms with Crippen molar-refractivity contribution in [3.63, 3.8) is 0 Å². The van der Waals surface area contributed by atoms with Gasteiger partial charge in [0, 0.05) is 96.9 Å². The Labute approximate surface area is 649 Å². The van der Waals surface area contributed by atoms with Crippen LogP contribution in [0.4, 0.5) is 68.2 Å². The first kappa shape index (κ1) is 63.4. The quantitative estimate of drug-likeness (QED) is 0.114. The number of anilines is 12. The van der Waals surface area contributed by atoms with Crippen LogP contribution < -0.4 is 61.9 Å². The van der Waals surface area contributed by atoms with E-state index in [2.05, 4.69) is 429 Å². The molecule has 4 aliphatic heterocycles. The van der Waals surface area contributed by atoms with Gasteiger partial charge >= 0.3 is 0 Å². The molecule has 8 nitrogen and oxygen atoms in total. The van der Waals surface area contributed by atoms with Gasteiger partial charge in [-0.3, -0.25) is 0 Å². The van der Waals surface area contributed by atoms with E-state index in [4.69, 9.17) is 9.47 Å². The van der Waals surface area contributed by atoms with E-state index in [1.165, 1.54) is 5.46 Å². The first-order valence-corrected chi connectivity index (χ1v) is 38.4. The van der Waals surface area contributed by atoms with E-state index >= 15 is 0 Å². The maximum Gasteiger partial charge on any atom is 0.256 e. The van der Waals surface area contributed by atoms with E-state index < -0.39 is 0 Å². The van der Waals surface area contributed by atoms with Gasteiger partial charge < -0.3 is 38.2 Å². The molecule has 0 radical (unpaired) electrons. The lowest BCUT2D eigenvalue weighted by Gasteiger charge is -2.44. The molecule has 6 heterocycles. The number of nitrogens with zero attached hydrogens (tertiary/aromatic N) is 6. The van der Waals surface area contributed by atoms with E-state index in [0.29, 0.717) is 0 Å². The van der Waals surface area contributed by atoms with Crippen LogP contribution in [0.5, 0.6) is 23.0 Å². The minimum atomic E-state index is -0.359. The molecule has 0 bridgehead atoms. The van der Waals surface area contributed by atoms with Crippen LogP contribution in [0.3, 0.4) is 0 Å². The topological polar surface area (TPSA) is 41.3 Å². The van der Waals surface area contributed by atoms with Crippen molar-refractivity contribution in [2.75, 3.05) is 19.6 Å². The second-order valence-electron chi connectivity index (χ2n) is 29.4. The second kappa shape index (κ2) is 25.5. The number of fused-ring (bicyclic) bond motifs is 16. The molecule has 2 aromatic heterocycles. The maximum atomic E-state index is 8.07. The molecule has 0 unspecified atom stereocenters. The van der Waals surface area contributed by atoms with Crippen LogP contribution in [0.15, 0.2) is 400 Å². The summed E-state index contributed by atoms with van der Waals surface area (Å²) < 4.78 is 21.0. The van der Waals surface area contributed by atoms with Gasteiger partial charge in [-0.1, -0.05) is 237 Å². The molecule has 0 saturated heterocycles. The number of aromatic nitrogens is 2. The standard InChI is InChI=1S/C102H66B2N6O2/c1-11-31-67(32-12-1)69-51-55-87-81(59-69)97-89(107(87)75-43-23-7-24-44-75)57-53-83-101(97)110(78-49-29-10-30-50-78)93-62-80(106(73-39-19-5-20-40-73)74-41-21-6-22-42-74)63-95-100(93)103(83)86-65-85-91(66-94(86)111-95)109(77-47-27-9-28-48-77)92-61-79(105(71-35-15-3-16-36-71)72-37-17-4-18-38-72)64-96-99(92)104(85)84-54-58-90-98(102(84)112-96)82-60-70(68-33-13-2-14-34-68)52-56-88(82)108(90)76-45-25-8-26-46-76/h1-66H. The fourth-order valence-electron chi connectivity index (χ4n) is 18.6. The molecule has 10 heteroatoms. The van der Waals surface area contributed by atoms with Crippen LogP contribution in [0.25, 0.3) is 77.2 Å². The zero-order valence-corrected chi connectivity index (χ0v) is 60.8. The van der Waals surface area contributed by atoms with E-state index in [1.54, 1.807) is 0 Å². The highest BCUT2D eigenvalue weighted by Gasteiger charge is 2.49. The van der Waals surface area contributed by atoms with Crippen molar-refractivity contribution in [3.05, 3.63) is 400 Å². The molecule has 0 saturated carbocycles. The predicted octanol–water partition coefficient (Wildman–Crippen LogP) is 23.0. The van der Waals surface area contributed by atoms with Crippen molar-refractivity contribution in [1.82, 2.24) is 9.13 Å². The third kappa shape index (κ3) is 9.84. The van der Waals surface area contributed by atoms with Crippen molar-refractivity contribution in [3.8, 4) is 56.6 Å². The van der Waals surface area contributed by atoms with Gasteiger partial charge in [-0.05, 0) is 201 Å². The lowest BCUT2D eigenvalue weighted by Crippen LogP contribution is -2.63. The third-order valence-corrected chi connectivity index (χ3v) is 23.3. The van der Waals surface area contributed by atoms with Crippen LogP contribution >= 0.6 is 0 Å². The van der Waals surface area contributed by atoms with Crippen LogP contribution in [0.1, 0.15) is 0 Å². The Balaban J connectivity index is 0.847. The molecule has 19 aromatic rings. The molecule has 0 atom stereocenters. The lowest BCUT2D eigenvalue weighted by atomic mass is 9.31. The number of hydrogen-bond donors (Lipinski definition) is 0. The molecule has 0 amide bonds. The summed E-state index contributed by atoms with van der Waals surface area (Å²) >= 11 is 0. The Bertz CT molecular complexity index is 6860. The van der Waals surface area contributed by atoms with Gasteiger partial charge in [0.05, 0.1) is 44.5 Å². The number of para-hydroxylation sites is 8. The summed E-state index contributed by atoms with van der Waals surface area (Å²) in [7, 11) is 0. The maximum absolute atomic E-state index is 8.07. The fourth-order valence-corrected chi connectivity index (χ4v) is 18.6. The Morgan fingerprint density at radius 2 is 0.607 bits per heavy atom. The van der Waals surface area contributed by atoms with Crippen molar-refractivity contribution in [2.24, 2.45) is 0 Å². The second-order valence-corrected chi connectivity index (χ2v) is 29.4. The van der Waals surface area contributed by atoms with Crippen molar-refractivity contribution in [2.45, 2.75) is 0 Å². The van der Waals surface area contributed by atoms with E-state index in [1.807, 2.05) is 0 Å². The first-order valence-electron chi connectivity index (χ1n) is 38.4. The molecule has 4 aliphatic rings. The highest BCUT2D eigenvalue weighted by Crippen LogP contribution is 2.53. The summed E-state index contributed by atoms with van der Waals surface area (Å²) in [6.07, 6.45) is 0. The molecule has 112 heavy (non-hydrogen) atoms. The molecule has 23 rings (SSSR count). The number of hydrogen-bond acceptors (Lipinski definition) is 6. The van der Waals surface area contributed by atoms with Gasteiger partial charge in [0.15, 0.2) is 0 Å². The Morgan fingerprint density at radius 3 is 1.08 bits per heavy atom. The summed E-state index contributed by atoms with van der Waals surface area (Å²) in [6, 6.07) is 146. The summed E-state index contributed by atoms with van der Waals surface area (Å²) in [5, 5.41) is 4.46. The fraction of sp³-hybridized carbons (Fsp3) is 0. The van der Waals surface area contributed by atoms with Crippen LogP contribution in [0, 0.1) is 0 Å². The van der Waals surface area contributed by atoms with Crippen molar-refractivity contribution in [1.29, 1.82) is 0 Å². The Morgan fingerprint density at radius 1 is 0.232 bits per heavy atom. The van der Waals surface area contributed by atoms with Gasteiger partial charge in [-0.15, -0.1) is 0 Å². The Kier molecular flexibility index (Phi) is 14.4. The highest BCUT2D eigenvalue weighted by atomic mass is 16.5.